The van der Waals surface area contributed by atoms with Gasteiger partial charge in [-0.05, 0) is 44.0 Å². The molecule has 1 fully saturated rings. The Hall–Kier alpha value is -3.18. The van der Waals surface area contributed by atoms with Crippen LogP contribution in [0.2, 0.25) is 0 Å². The fourth-order valence-electron chi connectivity index (χ4n) is 3.12. The van der Waals surface area contributed by atoms with Crippen LogP contribution in [-0.4, -0.2) is 76.3 Å². The molecule has 0 aliphatic carbocycles. The smallest absolute Gasteiger partial charge is 0.328 e. The van der Waals surface area contributed by atoms with E-state index in [1.807, 2.05) is 0 Å². The van der Waals surface area contributed by atoms with Crippen molar-refractivity contribution in [1.29, 1.82) is 0 Å². The quantitative estimate of drug-likeness (QED) is 0.225. The lowest BCUT2D eigenvalue weighted by molar-refractivity contribution is -0.143. The summed E-state index contributed by atoms with van der Waals surface area (Å²) in [6, 6.07) is 2.15. The highest BCUT2D eigenvalue weighted by atomic mass is 16.4. The molecule has 170 valence electrons. The van der Waals surface area contributed by atoms with Crippen LogP contribution in [-0.2, 0) is 25.6 Å². The van der Waals surface area contributed by atoms with Gasteiger partial charge in [-0.3, -0.25) is 14.4 Å². The molecule has 11 heteroatoms. The Labute approximate surface area is 179 Å². The standard InChI is InChI=1S/C20H28N4O7/c1-11(17(27)24-16(10-25)20(30)31)22-19(29)15(9-12-4-6-13(26)7-5-12)23-18(28)14-3-2-8-21-14/h4-7,11,14-16,21,25-26H,2-3,8-10H2,1H3,(H,22,29)(H,23,28)(H,24,27)(H,30,31). The molecule has 0 spiro atoms. The van der Waals surface area contributed by atoms with Crippen LogP contribution in [0.15, 0.2) is 24.3 Å². The fraction of sp³-hybridized carbons (Fsp3) is 0.500. The number of phenolic OH excluding ortho intramolecular Hbond substituents is 1. The summed E-state index contributed by atoms with van der Waals surface area (Å²) in [4.78, 5) is 48.5. The number of aliphatic hydroxyl groups is 1. The minimum absolute atomic E-state index is 0.0612. The molecule has 1 aromatic carbocycles. The predicted molar refractivity (Wildman–Crippen MR) is 109 cm³/mol. The maximum Gasteiger partial charge on any atom is 0.328 e. The number of phenols is 1. The van der Waals surface area contributed by atoms with Gasteiger partial charge in [0.25, 0.3) is 0 Å². The van der Waals surface area contributed by atoms with E-state index in [1.165, 1.54) is 19.1 Å². The Morgan fingerprint density at radius 1 is 1.06 bits per heavy atom. The van der Waals surface area contributed by atoms with Crippen LogP contribution in [0, 0.1) is 0 Å². The zero-order valence-electron chi connectivity index (χ0n) is 17.1. The summed E-state index contributed by atoms with van der Waals surface area (Å²) in [6.45, 7) is 1.27. The summed E-state index contributed by atoms with van der Waals surface area (Å²) in [7, 11) is 0. The molecule has 11 nitrogen and oxygen atoms in total. The number of carboxylic acid groups (broad SMARTS) is 1. The second-order valence-electron chi connectivity index (χ2n) is 7.39. The molecule has 31 heavy (non-hydrogen) atoms. The van der Waals surface area contributed by atoms with E-state index in [0.717, 1.165) is 6.42 Å². The summed E-state index contributed by atoms with van der Waals surface area (Å²) in [5.41, 5.74) is 0.681. The summed E-state index contributed by atoms with van der Waals surface area (Å²) in [5, 5.41) is 37.7. The SMILES string of the molecule is CC(NC(=O)C(Cc1ccc(O)cc1)NC(=O)C1CCCN1)C(=O)NC(CO)C(=O)O. The summed E-state index contributed by atoms with van der Waals surface area (Å²) in [5.74, 6) is -3.10. The maximum atomic E-state index is 12.8. The van der Waals surface area contributed by atoms with Gasteiger partial charge in [0, 0.05) is 6.42 Å². The van der Waals surface area contributed by atoms with Crippen LogP contribution in [0.1, 0.15) is 25.3 Å². The van der Waals surface area contributed by atoms with Crippen molar-refractivity contribution in [2.75, 3.05) is 13.2 Å². The van der Waals surface area contributed by atoms with E-state index in [9.17, 15) is 24.3 Å². The van der Waals surface area contributed by atoms with Crippen molar-refractivity contribution in [1.82, 2.24) is 21.3 Å². The first-order valence-corrected chi connectivity index (χ1v) is 9.97. The molecule has 0 bridgehead atoms. The van der Waals surface area contributed by atoms with Crippen molar-refractivity contribution in [3.8, 4) is 5.75 Å². The van der Waals surface area contributed by atoms with Crippen LogP contribution in [0.4, 0.5) is 0 Å². The normalized spacial score (nSPS) is 18.5. The molecule has 0 aromatic heterocycles. The molecule has 1 saturated heterocycles. The van der Waals surface area contributed by atoms with Gasteiger partial charge in [-0.15, -0.1) is 0 Å². The lowest BCUT2D eigenvalue weighted by Gasteiger charge is -2.23. The van der Waals surface area contributed by atoms with Gasteiger partial charge in [0.2, 0.25) is 17.7 Å². The molecule has 0 radical (unpaired) electrons. The van der Waals surface area contributed by atoms with Crippen LogP contribution in [0.3, 0.4) is 0 Å². The van der Waals surface area contributed by atoms with Crippen molar-refractivity contribution in [3.63, 3.8) is 0 Å². The first-order chi connectivity index (χ1) is 14.7. The zero-order valence-corrected chi connectivity index (χ0v) is 17.1. The number of nitrogens with one attached hydrogen (secondary N) is 4. The molecule has 0 saturated carbocycles. The van der Waals surface area contributed by atoms with E-state index in [-0.39, 0.29) is 18.1 Å². The van der Waals surface area contributed by atoms with Gasteiger partial charge in [0.15, 0.2) is 0 Å². The molecule has 4 atom stereocenters. The topological polar surface area (TPSA) is 177 Å². The van der Waals surface area contributed by atoms with E-state index < -0.39 is 48.6 Å². The van der Waals surface area contributed by atoms with Crippen LogP contribution in [0.5, 0.6) is 5.75 Å². The predicted octanol–water partition coefficient (Wildman–Crippen LogP) is -1.76. The molecule has 7 N–H and O–H groups in total. The second kappa shape index (κ2) is 11.3. The number of aliphatic hydroxyl groups excluding tert-OH is 1. The average molecular weight is 436 g/mol. The number of amides is 3. The number of rotatable bonds is 10. The molecule has 2 rings (SSSR count). The van der Waals surface area contributed by atoms with E-state index in [2.05, 4.69) is 21.3 Å². The van der Waals surface area contributed by atoms with Crippen molar-refractivity contribution in [3.05, 3.63) is 29.8 Å². The highest BCUT2D eigenvalue weighted by molar-refractivity contribution is 5.94. The van der Waals surface area contributed by atoms with Gasteiger partial charge in [-0.2, -0.15) is 0 Å². The van der Waals surface area contributed by atoms with Gasteiger partial charge in [0.1, 0.15) is 23.9 Å². The van der Waals surface area contributed by atoms with Gasteiger partial charge in [0.05, 0.1) is 12.6 Å². The van der Waals surface area contributed by atoms with Crippen molar-refractivity contribution in [2.24, 2.45) is 0 Å². The Bertz CT molecular complexity index is 793. The third-order valence-electron chi connectivity index (χ3n) is 4.94. The van der Waals surface area contributed by atoms with Crippen molar-refractivity contribution >= 4 is 23.7 Å². The van der Waals surface area contributed by atoms with E-state index in [1.54, 1.807) is 12.1 Å². The zero-order chi connectivity index (χ0) is 23.0. The van der Waals surface area contributed by atoms with E-state index in [0.29, 0.717) is 18.5 Å². The van der Waals surface area contributed by atoms with Gasteiger partial charge in [-0.1, -0.05) is 12.1 Å². The van der Waals surface area contributed by atoms with Gasteiger partial charge < -0.3 is 36.6 Å². The minimum Gasteiger partial charge on any atom is -0.508 e. The largest absolute Gasteiger partial charge is 0.508 e. The minimum atomic E-state index is -1.49. The number of aliphatic carboxylic acids is 1. The van der Waals surface area contributed by atoms with Crippen molar-refractivity contribution in [2.45, 2.75) is 50.4 Å². The van der Waals surface area contributed by atoms with Crippen LogP contribution >= 0.6 is 0 Å². The van der Waals surface area contributed by atoms with Gasteiger partial charge >= 0.3 is 5.97 Å². The third-order valence-corrected chi connectivity index (χ3v) is 4.94. The molecular weight excluding hydrogens is 408 g/mol. The summed E-state index contributed by atoms with van der Waals surface area (Å²) < 4.78 is 0. The van der Waals surface area contributed by atoms with Crippen LogP contribution < -0.4 is 21.3 Å². The highest BCUT2D eigenvalue weighted by Crippen LogP contribution is 2.12. The molecule has 1 aliphatic heterocycles. The van der Waals surface area contributed by atoms with Gasteiger partial charge in [-0.25, -0.2) is 4.79 Å². The van der Waals surface area contributed by atoms with E-state index in [4.69, 9.17) is 10.2 Å². The third kappa shape index (κ3) is 7.23. The number of carbonyl (C=O) groups is 4. The Morgan fingerprint density at radius 3 is 2.29 bits per heavy atom. The summed E-state index contributed by atoms with van der Waals surface area (Å²) in [6.07, 6.45) is 1.61. The Balaban J connectivity index is 2.06. The molecule has 1 aromatic rings. The Kier molecular flexibility index (Phi) is 8.76. The first-order valence-electron chi connectivity index (χ1n) is 9.97. The lowest BCUT2D eigenvalue weighted by Crippen LogP contribution is -2.57. The Morgan fingerprint density at radius 2 is 1.74 bits per heavy atom. The number of carbonyl (C=O) groups excluding carboxylic acids is 3. The molecule has 1 aliphatic rings. The van der Waals surface area contributed by atoms with E-state index >= 15 is 0 Å². The number of aromatic hydroxyl groups is 1. The summed E-state index contributed by atoms with van der Waals surface area (Å²) >= 11 is 0. The van der Waals surface area contributed by atoms with Crippen molar-refractivity contribution < 1.29 is 34.5 Å². The average Bonchev–Trinajstić information content (AvgIpc) is 3.27. The second-order valence-corrected chi connectivity index (χ2v) is 7.39. The lowest BCUT2D eigenvalue weighted by atomic mass is 10.0. The first kappa shape index (κ1) is 24.1. The number of hydrogen-bond donors (Lipinski definition) is 7. The number of carboxylic acids is 1. The maximum absolute atomic E-state index is 12.8. The highest BCUT2D eigenvalue weighted by Gasteiger charge is 2.30. The molecular formula is C20H28N4O7. The molecule has 4 unspecified atom stereocenters. The number of hydrogen-bond acceptors (Lipinski definition) is 7. The molecule has 1 heterocycles. The van der Waals surface area contributed by atoms with Crippen LogP contribution in [0.25, 0.3) is 0 Å². The monoisotopic (exact) mass is 436 g/mol. The fourth-order valence-corrected chi connectivity index (χ4v) is 3.12. The number of benzene rings is 1. The molecule has 3 amide bonds.